The van der Waals surface area contributed by atoms with Crippen molar-refractivity contribution in [1.82, 2.24) is 9.88 Å². The zero-order valence-electron chi connectivity index (χ0n) is 22.7. The van der Waals surface area contributed by atoms with Crippen LogP contribution in [0.25, 0.3) is 10.9 Å². The van der Waals surface area contributed by atoms with Crippen molar-refractivity contribution in [3.05, 3.63) is 71.4 Å². The maximum atomic E-state index is 15.6. The van der Waals surface area contributed by atoms with Crippen LogP contribution in [0.1, 0.15) is 67.8 Å². The number of unbranched alkanes of at least 4 members (excludes halogenated alkanes) is 1. The lowest BCUT2D eigenvalue weighted by Gasteiger charge is -2.39. The van der Waals surface area contributed by atoms with Crippen LogP contribution in [0.4, 0.5) is 4.39 Å². The van der Waals surface area contributed by atoms with Gasteiger partial charge in [0.25, 0.3) is 0 Å². The summed E-state index contributed by atoms with van der Waals surface area (Å²) in [5.41, 5.74) is 4.20. The lowest BCUT2D eigenvalue weighted by molar-refractivity contribution is -0.137. The number of halogens is 1. The SMILES string of the molecule is COc1ccc2nccc(C(F)CC[C@@H]3CCN(CCCCc4ccccc4C)C[C@@H]3CCC(=O)O)c2c1. The first-order chi connectivity index (χ1) is 18.4. The molecule has 1 unspecified atom stereocenters. The minimum Gasteiger partial charge on any atom is -0.497 e. The van der Waals surface area contributed by atoms with E-state index in [0.717, 1.165) is 62.6 Å². The number of rotatable bonds is 13. The van der Waals surface area contributed by atoms with E-state index < -0.39 is 12.1 Å². The first kappa shape index (κ1) is 28.0. The van der Waals surface area contributed by atoms with Gasteiger partial charge in [-0.15, -0.1) is 0 Å². The number of nitrogens with zero attached hydrogens (tertiary/aromatic N) is 2. The van der Waals surface area contributed by atoms with Gasteiger partial charge in [0.05, 0.1) is 12.6 Å². The molecule has 0 amide bonds. The maximum absolute atomic E-state index is 15.6. The Morgan fingerprint density at radius 2 is 2.00 bits per heavy atom. The molecule has 0 bridgehead atoms. The fourth-order valence-electron chi connectivity index (χ4n) is 5.98. The molecule has 204 valence electrons. The number of methoxy groups -OCH3 is 1. The number of likely N-dealkylation sites (tertiary alicyclic amines) is 1. The van der Waals surface area contributed by atoms with Crippen molar-refractivity contribution in [2.24, 2.45) is 11.8 Å². The molecule has 2 heterocycles. The zero-order valence-corrected chi connectivity index (χ0v) is 22.7. The maximum Gasteiger partial charge on any atom is 0.303 e. The number of aromatic nitrogens is 1. The number of fused-ring (bicyclic) bond motifs is 1. The third kappa shape index (κ3) is 7.53. The quantitative estimate of drug-likeness (QED) is 0.242. The van der Waals surface area contributed by atoms with Crippen LogP contribution in [0.5, 0.6) is 5.75 Å². The van der Waals surface area contributed by atoms with Crippen LogP contribution in [-0.4, -0.2) is 47.7 Å². The van der Waals surface area contributed by atoms with E-state index in [9.17, 15) is 9.90 Å². The number of aryl methyl sites for hydroxylation is 2. The van der Waals surface area contributed by atoms with Crippen LogP contribution >= 0.6 is 0 Å². The molecular weight excluding hydrogens is 479 g/mol. The average Bonchev–Trinajstić information content (AvgIpc) is 2.93. The highest BCUT2D eigenvalue weighted by Gasteiger charge is 2.30. The summed E-state index contributed by atoms with van der Waals surface area (Å²) in [7, 11) is 1.61. The molecule has 1 aliphatic heterocycles. The van der Waals surface area contributed by atoms with Crippen LogP contribution in [-0.2, 0) is 11.2 Å². The minimum absolute atomic E-state index is 0.177. The van der Waals surface area contributed by atoms with Crippen molar-refractivity contribution < 1.29 is 19.0 Å². The number of benzene rings is 2. The number of piperidine rings is 1. The molecule has 0 spiro atoms. The van der Waals surface area contributed by atoms with E-state index in [-0.39, 0.29) is 12.3 Å². The summed E-state index contributed by atoms with van der Waals surface area (Å²) in [6.45, 7) is 5.13. The number of hydrogen-bond acceptors (Lipinski definition) is 4. The molecule has 4 rings (SSSR count). The van der Waals surface area contributed by atoms with Crippen LogP contribution in [0.3, 0.4) is 0 Å². The first-order valence-electron chi connectivity index (χ1n) is 14.0. The molecule has 6 heteroatoms. The summed E-state index contributed by atoms with van der Waals surface area (Å²) >= 11 is 0. The summed E-state index contributed by atoms with van der Waals surface area (Å²) in [6.07, 6.45) is 6.99. The normalized spacial score (nSPS) is 18.9. The third-order valence-corrected chi connectivity index (χ3v) is 8.25. The van der Waals surface area contributed by atoms with Crippen molar-refractivity contribution in [3.8, 4) is 5.75 Å². The summed E-state index contributed by atoms with van der Waals surface area (Å²) in [5.74, 6) is 0.579. The number of carboxylic acids is 1. The molecule has 38 heavy (non-hydrogen) atoms. The van der Waals surface area contributed by atoms with Crippen molar-refractivity contribution in [2.75, 3.05) is 26.7 Å². The highest BCUT2D eigenvalue weighted by Crippen LogP contribution is 2.36. The van der Waals surface area contributed by atoms with Gasteiger partial charge in [-0.2, -0.15) is 0 Å². The molecule has 0 aliphatic carbocycles. The van der Waals surface area contributed by atoms with Crippen LogP contribution in [0.15, 0.2) is 54.7 Å². The third-order valence-electron chi connectivity index (χ3n) is 8.25. The number of carbonyl (C=O) groups is 1. The van der Waals surface area contributed by atoms with Gasteiger partial charge < -0.3 is 14.7 Å². The standard InChI is InChI=1S/C32H41FN2O3/c1-23-7-3-4-8-24(23)9-5-6-19-35-20-17-25(26(22-35)11-15-32(36)37)10-13-30(33)28-16-18-34-31-14-12-27(38-2)21-29(28)31/h3-4,7-8,12,14,16,18,21,25-26,30H,5-6,9-11,13,15,17,19-20,22H2,1-2H3,(H,36,37)/t25-,26+,30?/m1/s1. The van der Waals surface area contributed by atoms with E-state index in [1.807, 2.05) is 18.2 Å². The first-order valence-corrected chi connectivity index (χ1v) is 14.0. The molecule has 3 aromatic rings. The molecule has 5 nitrogen and oxygen atoms in total. The van der Waals surface area contributed by atoms with Gasteiger partial charge in [0, 0.05) is 24.5 Å². The smallest absolute Gasteiger partial charge is 0.303 e. The summed E-state index contributed by atoms with van der Waals surface area (Å²) in [6, 6.07) is 15.9. The Labute approximate surface area is 226 Å². The Balaban J connectivity index is 1.32. The van der Waals surface area contributed by atoms with Gasteiger partial charge >= 0.3 is 5.97 Å². The van der Waals surface area contributed by atoms with Crippen LogP contribution < -0.4 is 4.74 Å². The van der Waals surface area contributed by atoms with Crippen LogP contribution in [0.2, 0.25) is 0 Å². The summed E-state index contributed by atoms with van der Waals surface area (Å²) < 4.78 is 20.9. The Morgan fingerprint density at radius 3 is 2.79 bits per heavy atom. The number of hydrogen-bond donors (Lipinski definition) is 1. The Morgan fingerprint density at radius 1 is 1.16 bits per heavy atom. The molecule has 1 fully saturated rings. The minimum atomic E-state index is -1.09. The summed E-state index contributed by atoms with van der Waals surface area (Å²) in [5, 5.41) is 10.1. The molecule has 1 aromatic heterocycles. The van der Waals surface area contributed by atoms with E-state index in [1.54, 1.807) is 19.4 Å². The zero-order chi connectivity index (χ0) is 26.9. The molecule has 1 saturated heterocycles. The highest BCUT2D eigenvalue weighted by atomic mass is 19.1. The van der Waals surface area contributed by atoms with Crippen LogP contribution in [0, 0.1) is 18.8 Å². The van der Waals surface area contributed by atoms with Crippen molar-refractivity contribution >= 4 is 16.9 Å². The number of carboxylic acid groups (broad SMARTS) is 1. The Kier molecular flexibility index (Phi) is 10.1. The van der Waals surface area contributed by atoms with Gasteiger partial charge in [-0.1, -0.05) is 24.3 Å². The number of ether oxygens (including phenoxy) is 1. The lowest BCUT2D eigenvalue weighted by Crippen LogP contribution is -2.41. The molecular formula is C32H41FN2O3. The topological polar surface area (TPSA) is 62.7 Å². The largest absolute Gasteiger partial charge is 0.497 e. The van der Waals surface area contributed by atoms with E-state index in [1.165, 1.54) is 11.1 Å². The fraction of sp³-hybridized carbons (Fsp3) is 0.500. The number of aliphatic carboxylic acids is 1. The fourth-order valence-corrected chi connectivity index (χ4v) is 5.98. The van der Waals surface area contributed by atoms with E-state index in [4.69, 9.17) is 4.74 Å². The predicted octanol–water partition coefficient (Wildman–Crippen LogP) is 7.17. The molecule has 2 aromatic carbocycles. The number of alkyl halides is 1. The molecule has 1 N–H and O–H groups in total. The Hall–Kier alpha value is -2.99. The van der Waals surface area contributed by atoms with Gasteiger partial charge in [0.15, 0.2) is 0 Å². The van der Waals surface area contributed by atoms with E-state index >= 15 is 4.39 Å². The summed E-state index contributed by atoms with van der Waals surface area (Å²) in [4.78, 5) is 18.2. The second kappa shape index (κ2) is 13.7. The lowest BCUT2D eigenvalue weighted by atomic mass is 9.79. The van der Waals surface area contributed by atoms with E-state index in [0.29, 0.717) is 30.1 Å². The van der Waals surface area contributed by atoms with Gasteiger partial charge in [-0.05, 0) is 118 Å². The molecule has 3 atom stereocenters. The van der Waals surface area contributed by atoms with Crippen molar-refractivity contribution in [2.45, 2.75) is 64.5 Å². The van der Waals surface area contributed by atoms with Gasteiger partial charge in [-0.3, -0.25) is 9.78 Å². The molecule has 0 saturated carbocycles. The van der Waals surface area contributed by atoms with Gasteiger partial charge in [-0.25, -0.2) is 4.39 Å². The second-order valence-corrected chi connectivity index (χ2v) is 10.8. The second-order valence-electron chi connectivity index (χ2n) is 10.8. The van der Waals surface area contributed by atoms with Gasteiger partial charge in [0.2, 0.25) is 0 Å². The van der Waals surface area contributed by atoms with Crippen molar-refractivity contribution in [1.29, 1.82) is 0 Å². The average molecular weight is 521 g/mol. The monoisotopic (exact) mass is 520 g/mol. The Bertz CT molecular complexity index is 1200. The molecule has 1 aliphatic rings. The predicted molar refractivity (Wildman–Crippen MR) is 150 cm³/mol. The van der Waals surface area contributed by atoms with Gasteiger partial charge in [0.1, 0.15) is 11.9 Å². The number of pyridine rings is 1. The van der Waals surface area contributed by atoms with Crippen molar-refractivity contribution in [3.63, 3.8) is 0 Å². The highest BCUT2D eigenvalue weighted by molar-refractivity contribution is 5.83. The van der Waals surface area contributed by atoms with E-state index in [2.05, 4.69) is 41.1 Å². The molecule has 0 radical (unpaired) electrons.